The number of rotatable bonds is 6. The summed E-state index contributed by atoms with van der Waals surface area (Å²) in [5.74, 6) is 0.239. The monoisotopic (exact) mass is 717 g/mol. The molecular weight excluding hydrogens is 681 g/mol. The van der Waals surface area contributed by atoms with Gasteiger partial charge in [0.1, 0.15) is 17.5 Å². The Balaban J connectivity index is 1.28. The third-order valence-electron chi connectivity index (χ3n) is 10.1. The summed E-state index contributed by atoms with van der Waals surface area (Å²) in [7, 11) is 0. The van der Waals surface area contributed by atoms with Gasteiger partial charge in [-0.15, -0.1) is 0 Å². The van der Waals surface area contributed by atoms with Crippen molar-refractivity contribution in [2.75, 3.05) is 18.4 Å². The molecule has 0 radical (unpaired) electrons. The molecule has 3 aliphatic rings. The maximum atomic E-state index is 14.6. The van der Waals surface area contributed by atoms with Gasteiger partial charge in [-0.2, -0.15) is 0 Å². The second-order valence-electron chi connectivity index (χ2n) is 13.4. The Kier molecular flexibility index (Phi) is 8.82. The molecule has 2 amide bonds. The van der Waals surface area contributed by atoms with Gasteiger partial charge < -0.3 is 24.8 Å². The molecule has 0 bridgehead atoms. The van der Waals surface area contributed by atoms with Crippen molar-refractivity contribution >= 4 is 62.9 Å². The SMILES string of the molecule is CC(=O)N1CCC(Oc2ncccc2NC(=O)c2[nH]c3cc(Cl)cc4c3c2C2=C(c3ccccc3)C(C)CC=CN2C4c2ccc(Cl)cc2)CC1. The first-order chi connectivity index (χ1) is 24.8. The minimum atomic E-state index is -0.321. The predicted molar refractivity (Wildman–Crippen MR) is 203 cm³/mol. The summed E-state index contributed by atoms with van der Waals surface area (Å²) in [5, 5.41) is 5.31. The fourth-order valence-corrected chi connectivity index (χ4v) is 8.11. The lowest BCUT2D eigenvalue weighted by Crippen LogP contribution is -2.40. The number of likely N-dealkylation sites (tertiary alicyclic amines) is 1. The number of nitrogens with zero attached hydrogens (tertiary/aromatic N) is 3. The van der Waals surface area contributed by atoms with Crippen LogP contribution in [0.25, 0.3) is 22.2 Å². The van der Waals surface area contributed by atoms with Crippen molar-refractivity contribution in [3.63, 3.8) is 0 Å². The highest BCUT2D eigenvalue weighted by molar-refractivity contribution is 6.32. The van der Waals surface area contributed by atoms with Gasteiger partial charge in [0, 0.05) is 71.8 Å². The van der Waals surface area contributed by atoms with Crippen molar-refractivity contribution in [3.05, 3.63) is 135 Å². The highest BCUT2D eigenvalue weighted by Gasteiger charge is 2.40. The van der Waals surface area contributed by atoms with E-state index in [2.05, 4.69) is 75.8 Å². The number of benzene rings is 3. The molecule has 1 fully saturated rings. The maximum Gasteiger partial charge on any atom is 0.272 e. The number of amides is 2. The van der Waals surface area contributed by atoms with E-state index < -0.39 is 0 Å². The van der Waals surface area contributed by atoms with Gasteiger partial charge >= 0.3 is 0 Å². The standard InChI is InChI=1S/C41H37Cl2N5O3/c1-24-8-7-19-48-38(27-12-14-28(42)15-13-27)31-22-29(43)23-33-35(31)36(39(48)34(24)26-9-4-3-5-10-26)37(45-33)40(50)46-32-11-6-18-44-41(32)51-30-16-20-47(21-17-30)25(2)49/h3-7,9-15,18-19,22-24,30,38,45H,8,16-17,20-21H2,1-2H3,(H,46,50). The number of pyridine rings is 1. The lowest BCUT2D eigenvalue weighted by atomic mass is 9.82. The average Bonchev–Trinajstić information content (AvgIpc) is 3.42. The number of aromatic amines is 1. The van der Waals surface area contributed by atoms with E-state index in [1.807, 2.05) is 35.2 Å². The largest absolute Gasteiger partial charge is 0.473 e. The minimum absolute atomic E-state index is 0.0631. The van der Waals surface area contributed by atoms with E-state index >= 15 is 0 Å². The molecule has 0 aliphatic carbocycles. The Labute approximate surface area is 306 Å². The maximum absolute atomic E-state index is 14.6. The predicted octanol–water partition coefficient (Wildman–Crippen LogP) is 9.34. The van der Waals surface area contributed by atoms with Crippen LogP contribution in [-0.2, 0) is 4.79 Å². The summed E-state index contributed by atoms with van der Waals surface area (Å²) in [5.41, 5.74) is 7.74. The second kappa shape index (κ2) is 13.6. The van der Waals surface area contributed by atoms with E-state index in [-0.39, 0.29) is 29.9 Å². The van der Waals surface area contributed by atoms with Crippen LogP contribution in [0, 0.1) is 5.92 Å². The summed E-state index contributed by atoms with van der Waals surface area (Å²) in [4.78, 5) is 38.6. The van der Waals surface area contributed by atoms with E-state index in [1.54, 1.807) is 25.3 Å². The van der Waals surface area contributed by atoms with E-state index in [0.29, 0.717) is 53.2 Å². The van der Waals surface area contributed by atoms with Gasteiger partial charge in [0.05, 0.1) is 11.7 Å². The lowest BCUT2D eigenvalue weighted by Gasteiger charge is -2.39. The average molecular weight is 719 g/mol. The molecule has 51 heavy (non-hydrogen) atoms. The third kappa shape index (κ3) is 6.17. The van der Waals surface area contributed by atoms with Gasteiger partial charge in [-0.1, -0.05) is 78.7 Å². The van der Waals surface area contributed by atoms with Gasteiger partial charge in [-0.05, 0) is 71.0 Å². The Morgan fingerprint density at radius 2 is 1.73 bits per heavy atom. The fourth-order valence-electron chi connectivity index (χ4n) is 7.76. The first-order valence-electron chi connectivity index (χ1n) is 17.3. The Morgan fingerprint density at radius 3 is 2.47 bits per heavy atom. The number of ether oxygens (including phenoxy) is 1. The number of H-pyrrole nitrogens is 1. The van der Waals surface area contributed by atoms with Crippen molar-refractivity contribution in [1.29, 1.82) is 0 Å². The summed E-state index contributed by atoms with van der Waals surface area (Å²) >= 11 is 13.2. The van der Waals surface area contributed by atoms with Crippen molar-refractivity contribution in [1.82, 2.24) is 19.8 Å². The molecule has 3 aliphatic heterocycles. The molecule has 0 spiro atoms. The van der Waals surface area contributed by atoms with Gasteiger partial charge in [0.2, 0.25) is 11.8 Å². The summed E-state index contributed by atoms with van der Waals surface area (Å²) in [6, 6.07) is 25.6. The van der Waals surface area contributed by atoms with Crippen molar-refractivity contribution in [2.45, 2.75) is 45.3 Å². The molecule has 0 saturated carbocycles. The van der Waals surface area contributed by atoms with Crippen LogP contribution in [0.3, 0.4) is 0 Å². The lowest BCUT2D eigenvalue weighted by molar-refractivity contribution is -0.130. The molecule has 2 N–H and O–H groups in total. The van der Waals surface area contributed by atoms with Crippen LogP contribution in [0.2, 0.25) is 10.0 Å². The Morgan fingerprint density at radius 1 is 0.961 bits per heavy atom. The van der Waals surface area contributed by atoms with Crippen LogP contribution < -0.4 is 10.1 Å². The zero-order chi connectivity index (χ0) is 35.2. The molecule has 1 saturated heterocycles. The van der Waals surface area contributed by atoms with Crippen LogP contribution in [-0.4, -0.2) is 50.8 Å². The number of hydrogen-bond acceptors (Lipinski definition) is 5. The second-order valence-corrected chi connectivity index (χ2v) is 14.3. The fraction of sp³-hybridized carbons (Fsp3) is 0.244. The van der Waals surface area contributed by atoms with Crippen molar-refractivity contribution in [2.24, 2.45) is 5.92 Å². The molecule has 2 aromatic heterocycles. The van der Waals surface area contributed by atoms with Crippen molar-refractivity contribution in [3.8, 4) is 5.88 Å². The number of nitrogens with one attached hydrogen (secondary N) is 2. The number of carbonyl (C=O) groups excluding carboxylic acids is 2. The number of carbonyl (C=O) groups is 2. The molecule has 2 unspecified atom stereocenters. The molecule has 2 atom stereocenters. The normalized spacial score (nSPS) is 18.8. The molecule has 8 nitrogen and oxygen atoms in total. The molecular formula is C41H37Cl2N5O3. The van der Waals surface area contributed by atoms with Gasteiger partial charge in [0.25, 0.3) is 5.91 Å². The Hall–Kier alpha value is -5.05. The van der Waals surface area contributed by atoms with Gasteiger partial charge in [-0.3, -0.25) is 9.59 Å². The highest BCUT2D eigenvalue weighted by atomic mass is 35.5. The van der Waals surface area contributed by atoms with Crippen LogP contribution >= 0.6 is 23.2 Å². The summed E-state index contributed by atoms with van der Waals surface area (Å²) in [6.07, 6.45) is 8.09. The third-order valence-corrected chi connectivity index (χ3v) is 10.6. The molecule has 10 heteroatoms. The topological polar surface area (TPSA) is 90.6 Å². The number of allylic oxidation sites excluding steroid dienone is 2. The molecule has 5 heterocycles. The number of aromatic nitrogens is 2. The quantitative estimate of drug-likeness (QED) is 0.183. The van der Waals surface area contributed by atoms with E-state index in [9.17, 15) is 9.59 Å². The van der Waals surface area contributed by atoms with E-state index in [1.165, 1.54) is 0 Å². The van der Waals surface area contributed by atoms with Crippen molar-refractivity contribution < 1.29 is 14.3 Å². The summed E-state index contributed by atoms with van der Waals surface area (Å²) in [6.45, 7) is 5.07. The minimum Gasteiger partial charge on any atom is -0.473 e. The van der Waals surface area contributed by atoms with E-state index in [4.69, 9.17) is 27.9 Å². The number of anilines is 1. The smallest absolute Gasteiger partial charge is 0.272 e. The zero-order valence-electron chi connectivity index (χ0n) is 28.3. The van der Waals surface area contributed by atoms with Crippen LogP contribution in [0.5, 0.6) is 5.88 Å². The first kappa shape index (κ1) is 33.1. The summed E-state index contributed by atoms with van der Waals surface area (Å²) < 4.78 is 6.35. The number of halogens is 2. The first-order valence-corrected chi connectivity index (χ1v) is 18.1. The number of fused-ring (bicyclic) bond motifs is 2. The molecule has 8 rings (SSSR count). The molecule has 258 valence electrons. The van der Waals surface area contributed by atoms with Crippen LogP contribution in [0.15, 0.2) is 97.3 Å². The molecule has 3 aromatic carbocycles. The van der Waals surface area contributed by atoms with Gasteiger partial charge in [-0.25, -0.2) is 4.98 Å². The zero-order valence-corrected chi connectivity index (χ0v) is 29.8. The highest BCUT2D eigenvalue weighted by Crippen LogP contribution is 2.53. The van der Waals surface area contributed by atoms with Crippen LogP contribution in [0.4, 0.5) is 5.69 Å². The Bertz CT molecular complexity index is 2200. The number of piperidine rings is 1. The van der Waals surface area contributed by atoms with Crippen LogP contribution in [0.1, 0.15) is 71.9 Å². The van der Waals surface area contributed by atoms with E-state index in [0.717, 1.165) is 50.8 Å². The number of hydrogen-bond donors (Lipinski definition) is 2. The molecule has 5 aromatic rings. The van der Waals surface area contributed by atoms with Gasteiger partial charge in [0.15, 0.2) is 0 Å².